The average molecular weight is 871 g/mol. The number of pyridine rings is 1. The molecule has 0 aliphatic heterocycles. The molecule has 7 heteroatoms. The molecule has 0 aliphatic carbocycles. The Balaban J connectivity index is 0.00000400. The van der Waals surface area contributed by atoms with Crippen LogP contribution >= 0.6 is 0 Å². The number of furan rings is 1. The van der Waals surface area contributed by atoms with Crippen LogP contribution in [-0.4, -0.2) is 24.5 Å². The molecule has 0 unspecified atom stereocenters. The van der Waals surface area contributed by atoms with E-state index in [4.69, 9.17) is 19.4 Å². The molecule has 0 fully saturated rings. The van der Waals surface area contributed by atoms with E-state index in [1.54, 1.807) is 6.07 Å². The first kappa shape index (κ1) is 34.3. The predicted octanol–water partition coefficient (Wildman–Crippen LogP) is 11.6. The number of aromatic hydroxyl groups is 1. The third-order valence-electron chi connectivity index (χ3n) is 9.85. The number of rotatable bonds is 6. The smallest absolute Gasteiger partial charge is 0.226 e. The van der Waals surface area contributed by atoms with Gasteiger partial charge in [0.25, 0.3) is 0 Å². The average Bonchev–Trinajstić information content (AvgIpc) is 3.73. The minimum atomic E-state index is 0. The van der Waals surface area contributed by atoms with Crippen LogP contribution in [0.4, 0.5) is 0 Å². The van der Waals surface area contributed by atoms with E-state index in [0.29, 0.717) is 33.9 Å². The number of aryl methyl sites for hydroxylation is 2. The number of fused-ring (bicyclic) bond motifs is 4. The number of aromatic nitrogens is 4. The summed E-state index contributed by atoms with van der Waals surface area (Å²) in [6.45, 7) is 8.53. The standard InChI is InChI=1S/C46H35N4O2.Pt/c1-27(2)37-21-22-50-44(30-15-6-5-7-16-30)43(49-46(50)48-37)32-23-35-33-17-9-11-20-41(33)52-45(35)36(24-32)39-26-31(42-28(3)13-12-14-29(42)4)25-38(47-39)34-18-8-10-19-40(34)51;/h5-23,25-27,51H,1-4H3;/q-1;. The van der Waals surface area contributed by atoms with Crippen molar-refractivity contribution in [2.45, 2.75) is 33.6 Å². The number of nitrogens with zero attached hydrogens (tertiary/aromatic N) is 4. The topological polar surface area (TPSA) is 76.5 Å². The van der Waals surface area contributed by atoms with Crippen molar-refractivity contribution < 1.29 is 30.6 Å². The van der Waals surface area contributed by atoms with Crippen molar-refractivity contribution in [2.24, 2.45) is 0 Å². The second-order valence-electron chi connectivity index (χ2n) is 13.7. The van der Waals surface area contributed by atoms with E-state index >= 15 is 0 Å². The zero-order chi connectivity index (χ0) is 35.5. The summed E-state index contributed by atoms with van der Waals surface area (Å²) >= 11 is 0. The monoisotopic (exact) mass is 870 g/mol. The van der Waals surface area contributed by atoms with Crippen molar-refractivity contribution in [1.82, 2.24) is 19.4 Å². The van der Waals surface area contributed by atoms with E-state index in [1.807, 2.05) is 54.6 Å². The molecule has 0 amide bonds. The Morgan fingerprint density at radius 3 is 2.19 bits per heavy atom. The number of para-hydroxylation sites is 2. The van der Waals surface area contributed by atoms with Gasteiger partial charge in [0.2, 0.25) is 5.78 Å². The van der Waals surface area contributed by atoms with Crippen LogP contribution < -0.4 is 0 Å². The van der Waals surface area contributed by atoms with Crippen molar-refractivity contribution in [3.63, 3.8) is 0 Å². The number of hydrogen-bond acceptors (Lipinski definition) is 5. The molecule has 0 spiro atoms. The molecule has 262 valence electrons. The fraction of sp³-hybridized carbons (Fsp3) is 0.109. The Morgan fingerprint density at radius 1 is 0.698 bits per heavy atom. The molecule has 0 aliphatic rings. The summed E-state index contributed by atoms with van der Waals surface area (Å²) in [6, 6.07) is 44.2. The Morgan fingerprint density at radius 2 is 1.42 bits per heavy atom. The zero-order valence-electron chi connectivity index (χ0n) is 29.7. The van der Waals surface area contributed by atoms with Crippen LogP contribution in [0, 0.1) is 19.9 Å². The number of phenols is 1. The van der Waals surface area contributed by atoms with Crippen molar-refractivity contribution in [3.05, 3.63) is 150 Å². The Kier molecular flexibility index (Phi) is 8.80. The van der Waals surface area contributed by atoms with Gasteiger partial charge in [0.15, 0.2) is 0 Å². The number of phenolic OH excluding ortho intramolecular Hbond substituents is 1. The summed E-state index contributed by atoms with van der Waals surface area (Å²) in [4.78, 5) is 15.4. The first-order valence-electron chi connectivity index (χ1n) is 17.5. The third kappa shape index (κ3) is 5.93. The van der Waals surface area contributed by atoms with E-state index in [-0.39, 0.29) is 32.7 Å². The molecule has 4 heterocycles. The minimum absolute atomic E-state index is 0. The quantitative estimate of drug-likeness (QED) is 0.168. The van der Waals surface area contributed by atoms with Crippen molar-refractivity contribution in [2.75, 3.05) is 0 Å². The molecule has 9 rings (SSSR count). The Labute approximate surface area is 322 Å². The summed E-state index contributed by atoms with van der Waals surface area (Å²) < 4.78 is 8.72. The van der Waals surface area contributed by atoms with Gasteiger partial charge in [0.05, 0.1) is 11.3 Å². The number of benzene rings is 5. The summed E-state index contributed by atoms with van der Waals surface area (Å²) in [7, 11) is 0. The van der Waals surface area contributed by atoms with Gasteiger partial charge in [-0.1, -0.05) is 110 Å². The van der Waals surface area contributed by atoms with Crippen LogP contribution in [0.25, 0.3) is 83.9 Å². The minimum Gasteiger partial charge on any atom is -0.507 e. The molecular formula is C46H35N4O2Pt-. The summed E-state index contributed by atoms with van der Waals surface area (Å²) in [5, 5.41) is 13.0. The maximum absolute atomic E-state index is 11.0. The van der Waals surface area contributed by atoms with Gasteiger partial charge in [-0.05, 0) is 83.3 Å². The molecule has 53 heavy (non-hydrogen) atoms. The van der Waals surface area contributed by atoms with E-state index in [2.05, 4.69) is 105 Å². The maximum Gasteiger partial charge on any atom is 0.226 e. The van der Waals surface area contributed by atoms with Crippen LogP contribution in [0.1, 0.15) is 36.6 Å². The van der Waals surface area contributed by atoms with Gasteiger partial charge in [0.1, 0.15) is 11.3 Å². The molecule has 4 aromatic heterocycles. The molecule has 5 aromatic carbocycles. The van der Waals surface area contributed by atoms with Gasteiger partial charge in [-0.25, -0.2) is 4.98 Å². The molecule has 0 atom stereocenters. The van der Waals surface area contributed by atoms with Crippen LogP contribution in [0.15, 0.2) is 132 Å². The van der Waals surface area contributed by atoms with Gasteiger partial charge in [0, 0.05) is 61.0 Å². The first-order valence-corrected chi connectivity index (χ1v) is 17.5. The zero-order valence-corrected chi connectivity index (χ0v) is 31.9. The molecular weight excluding hydrogens is 836 g/mol. The van der Waals surface area contributed by atoms with Gasteiger partial charge in [-0.2, -0.15) is 0 Å². The predicted molar refractivity (Wildman–Crippen MR) is 209 cm³/mol. The number of imidazole rings is 1. The Bertz CT molecular complexity index is 2800. The Hall–Kier alpha value is -5.84. The summed E-state index contributed by atoms with van der Waals surface area (Å²) in [5.74, 6) is 1.05. The van der Waals surface area contributed by atoms with E-state index in [1.165, 1.54) is 0 Å². The fourth-order valence-electron chi connectivity index (χ4n) is 7.30. The molecule has 6 nitrogen and oxygen atoms in total. The van der Waals surface area contributed by atoms with Gasteiger partial charge < -0.3 is 9.52 Å². The van der Waals surface area contributed by atoms with E-state index in [9.17, 15) is 5.11 Å². The van der Waals surface area contributed by atoms with Crippen LogP contribution in [0.5, 0.6) is 5.75 Å². The summed E-state index contributed by atoms with van der Waals surface area (Å²) in [5.41, 5.74) is 13.1. The van der Waals surface area contributed by atoms with Crippen molar-refractivity contribution >= 4 is 27.7 Å². The van der Waals surface area contributed by atoms with E-state index in [0.717, 1.165) is 66.8 Å². The largest absolute Gasteiger partial charge is 0.507 e. The van der Waals surface area contributed by atoms with Crippen LogP contribution in [0.2, 0.25) is 0 Å². The molecule has 1 N–H and O–H groups in total. The summed E-state index contributed by atoms with van der Waals surface area (Å²) in [6.07, 6.45) is 2.07. The van der Waals surface area contributed by atoms with Gasteiger partial charge in [-0.3, -0.25) is 14.4 Å². The van der Waals surface area contributed by atoms with Crippen molar-refractivity contribution in [1.29, 1.82) is 0 Å². The second-order valence-corrected chi connectivity index (χ2v) is 13.7. The molecule has 0 saturated carbocycles. The number of hydrogen-bond donors (Lipinski definition) is 1. The molecule has 0 radical (unpaired) electrons. The maximum atomic E-state index is 11.0. The SMILES string of the molecule is Cc1cccc(C)c1-c1cc(-c2ccccc2O)nc(-c2[c-]c(-c3nc4nc(C(C)C)ccn4c3-c3ccccc3)cc3c2oc2ccccc23)c1.[Pt]. The third-order valence-corrected chi connectivity index (χ3v) is 9.85. The van der Waals surface area contributed by atoms with Gasteiger partial charge in [-0.15, -0.1) is 12.1 Å². The molecule has 0 saturated heterocycles. The van der Waals surface area contributed by atoms with Crippen LogP contribution in [0.3, 0.4) is 0 Å². The normalized spacial score (nSPS) is 11.5. The van der Waals surface area contributed by atoms with Crippen molar-refractivity contribution in [3.8, 4) is 61.9 Å². The van der Waals surface area contributed by atoms with Gasteiger partial charge >= 0.3 is 0 Å². The second kappa shape index (κ2) is 13.6. The molecule has 0 bridgehead atoms. The first-order chi connectivity index (χ1) is 25.3. The molecule has 9 aromatic rings. The fourth-order valence-corrected chi connectivity index (χ4v) is 7.30. The van der Waals surface area contributed by atoms with E-state index < -0.39 is 0 Å². The van der Waals surface area contributed by atoms with Crippen LogP contribution in [-0.2, 0) is 21.1 Å².